The van der Waals surface area contributed by atoms with Crippen LogP contribution in [-0.2, 0) is 28.6 Å². The topological polar surface area (TPSA) is 107 Å². The van der Waals surface area contributed by atoms with Crippen LogP contribution in [0.2, 0.25) is 0 Å². The minimum atomic E-state index is -3.95. The van der Waals surface area contributed by atoms with Crippen LogP contribution in [0.25, 0.3) is 0 Å². The fourth-order valence-electron chi connectivity index (χ4n) is 7.67. The van der Waals surface area contributed by atoms with Crippen molar-refractivity contribution in [3.8, 4) is 0 Å². The van der Waals surface area contributed by atoms with Gasteiger partial charge in [-0.1, -0.05) is 37.1 Å². The van der Waals surface area contributed by atoms with Gasteiger partial charge < -0.3 is 5.11 Å². The van der Waals surface area contributed by atoms with Crippen LogP contribution in [0.15, 0.2) is 23.3 Å². The minimum absolute atomic E-state index is 0.00709. The summed E-state index contributed by atoms with van der Waals surface area (Å²) in [5, 5.41) is 10.5. The van der Waals surface area contributed by atoms with Crippen LogP contribution in [0.3, 0.4) is 0 Å². The van der Waals surface area contributed by atoms with E-state index in [4.69, 9.17) is 8.37 Å². The first-order valence-corrected chi connectivity index (χ1v) is 16.9. The van der Waals surface area contributed by atoms with Gasteiger partial charge in [-0.2, -0.15) is 16.8 Å². The summed E-state index contributed by atoms with van der Waals surface area (Å²) < 4.78 is 62.2. The van der Waals surface area contributed by atoms with Crippen molar-refractivity contribution in [3.63, 3.8) is 0 Å². The van der Waals surface area contributed by atoms with E-state index in [1.165, 1.54) is 5.57 Å². The Hall–Kier alpha value is -0.740. The van der Waals surface area contributed by atoms with E-state index in [0.29, 0.717) is 12.3 Å². The molecule has 1 N–H and O–H groups in total. The van der Waals surface area contributed by atoms with E-state index in [1.807, 2.05) is 6.92 Å². The standard InChI is InChI=1S/C29H48O7S2/c1-18(30)22-12-13-23-21-11-10-19-16-20(35-37(31,32)26(2,3)4)17-25(36-38(33,34)27(5,6)7)29(19,9)24(21)14-15-28(22,23)8/h10-11,18,20,22-25,30H,12-17H2,1-9H3/t18-,20+,22+,23-,24-,25-,28+,29-/m0/s1. The van der Waals surface area contributed by atoms with E-state index in [9.17, 15) is 21.9 Å². The maximum atomic E-state index is 13.4. The first-order chi connectivity index (χ1) is 17.1. The van der Waals surface area contributed by atoms with Crippen molar-refractivity contribution in [1.29, 1.82) is 0 Å². The molecular weight excluding hydrogens is 524 g/mol. The quantitative estimate of drug-likeness (QED) is 0.433. The molecule has 4 aliphatic rings. The van der Waals surface area contributed by atoms with Crippen molar-refractivity contribution >= 4 is 20.2 Å². The van der Waals surface area contributed by atoms with Gasteiger partial charge in [0.25, 0.3) is 20.2 Å². The molecule has 9 heteroatoms. The van der Waals surface area contributed by atoms with Crippen molar-refractivity contribution in [2.45, 2.75) is 129 Å². The highest BCUT2D eigenvalue weighted by Gasteiger charge is 2.60. The second kappa shape index (κ2) is 9.40. The molecule has 0 heterocycles. The van der Waals surface area contributed by atoms with Gasteiger partial charge >= 0.3 is 0 Å². The van der Waals surface area contributed by atoms with Crippen molar-refractivity contribution in [1.82, 2.24) is 0 Å². The predicted octanol–water partition coefficient (Wildman–Crippen LogP) is 5.50. The van der Waals surface area contributed by atoms with E-state index in [0.717, 1.165) is 31.3 Å². The van der Waals surface area contributed by atoms with Crippen LogP contribution < -0.4 is 0 Å². The first-order valence-electron chi connectivity index (χ1n) is 14.1. The van der Waals surface area contributed by atoms with Crippen molar-refractivity contribution in [3.05, 3.63) is 23.3 Å². The third-order valence-electron chi connectivity index (χ3n) is 10.3. The average Bonchev–Trinajstić information content (AvgIpc) is 3.10. The van der Waals surface area contributed by atoms with Crippen molar-refractivity contribution in [2.75, 3.05) is 0 Å². The van der Waals surface area contributed by atoms with Crippen LogP contribution in [0.4, 0.5) is 0 Å². The van der Waals surface area contributed by atoms with E-state index in [2.05, 4.69) is 26.0 Å². The highest BCUT2D eigenvalue weighted by atomic mass is 32.2. The first kappa shape index (κ1) is 30.2. The largest absolute Gasteiger partial charge is 0.393 e. The molecule has 0 unspecified atom stereocenters. The molecule has 0 aromatic heterocycles. The van der Waals surface area contributed by atoms with Gasteiger partial charge in [-0.05, 0) is 104 Å². The summed E-state index contributed by atoms with van der Waals surface area (Å²) in [7, 11) is -7.83. The average molecular weight is 573 g/mol. The molecule has 0 radical (unpaired) electrons. The van der Waals surface area contributed by atoms with E-state index >= 15 is 0 Å². The highest BCUT2D eigenvalue weighted by molar-refractivity contribution is 7.88. The van der Waals surface area contributed by atoms with Crippen LogP contribution in [0, 0.1) is 28.6 Å². The Bertz CT molecular complexity index is 1220. The van der Waals surface area contributed by atoms with Crippen molar-refractivity contribution in [2.24, 2.45) is 28.6 Å². The van der Waals surface area contributed by atoms with E-state index in [-0.39, 0.29) is 29.8 Å². The fraction of sp³-hybridized carbons (Fsp3) is 0.862. The zero-order chi connectivity index (χ0) is 28.7. The summed E-state index contributed by atoms with van der Waals surface area (Å²) in [6, 6.07) is 0. The number of fused-ring (bicyclic) bond motifs is 5. The van der Waals surface area contributed by atoms with Gasteiger partial charge in [-0.15, -0.1) is 0 Å². The predicted molar refractivity (Wildman–Crippen MR) is 149 cm³/mol. The number of allylic oxidation sites excluding steroid dienone is 3. The lowest BCUT2D eigenvalue weighted by molar-refractivity contribution is -0.0397. The van der Waals surface area contributed by atoms with Gasteiger partial charge in [0.1, 0.15) is 0 Å². The molecule has 4 aliphatic carbocycles. The summed E-state index contributed by atoms with van der Waals surface area (Å²) >= 11 is 0. The molecule has 0 amide bonds. The molecule has 38 heavy (non-hydrogen) atoms. The van der Waals surface area contributed by atoms with Crippen LogP contribution in [0.1, 0.15) is 101 Å². The fourth-order valence-corrected chi connectivity index (χ4v) is 9.34. The maximum absolute atomic E-state index is 13.4. The number of hydrogen-bond acceptors (Lipinski definition) is 7. The molecule has 0 spiro atoms. The third kappa shape index (κ3) is 4.76. The molecular formula is C29H48O7S2. The zero-order valence-electron chi connectivity index (χ0n) is 24.6. The number of aliphatic hydroxyl groups is 1. The second-order valence-electron chi connectivity index (χ2n) is 14.6. The maximum Gasteiger partial charge on any atom is 0.272 e. The Morgan fingerprint density at radius 2 is 1.47 bits per heavy atom. The van der Waals surface area contributed by atoms with Gasteiger partial charge in [0.2, 0.25) is 0 Å². The summed E-state index contributed by atoms with van der Waals surface area (Å²) in [5.41, 5.74) is 1.73. The van der Waals surface area contributed by atoms with Gasteiger partial charge in [0.15, 0.2) is 0 Å². The SMILES string of the molecule is C[C@H](O)[C@H]1CC[C@H]2C3=CC=C4C[C@@H](OS(=O)(=O)C(C)(C)C)C[C@H](OS(=O)(=O)C(C)(C)C)[C@]4(C)[C@H]3CC[C@]12C. The Morgan fingerprint density at radius 1 is 0.895 bits per heavy atom. The van der Waals surface area contributed by atoms with Gasteiger partial charge in [0, 0.05) is 11.8 Å². The Balaban J connectivity index is 1.76. The van der Waals surface area contributed by atoms with Gasteiger partial charge in [-0.3, -0.25) is 8.37 Å². The molecule has 0 aliphatic heterocycles. The highest BCUT2D eigenvalue weighted by Crippen LogP contribution is 2.66. The molecule has 0 bridgehead atoms. The van der Waals surface area contributed by atoms with Crippen molar-refractivity contribution < 1.29 is 30.3 Å². The lowest BCUT2D eigenvalue weighted by Crippen LogP contribution is -2.55. The van der Waals surface area contributed by atoms with Gasteiger partial charge in [-0.25, -0.2) is 0 Å². The summed E-state index contributed by atoms with van der Waals surface area (Å²) in [4.78, 5) is 0. The molecule has 0 aromatic carbocycles. The molecule has 0 aromatic rings. The Kier molecular flexibility index (Phi) is 7.47. The monoisotopic (exact) mass is 572 g/mol. The lowest BCUT2D eigenvalue weighted by atomic mass is 9.49. The molecule has 4 rings (SSSR count). The summed E-state index contributed by atoms with van der Waals surface area (Å²) in [6.45, 7) is 16.0. The second-order valence-corrected chi connectivity index (χ2v) is 19.2. The molecule has 0 saturated heterocycles. The van der Waals surface area contributed by atoms with Crippen LogP contribution >= 0.6 is 0 Å². The lowest BCUT2D eigenvalue weighted by Gasteiger charge is -2.57. The Labute approximate surface area is 230 Å². The molecule has 7 nitrogen and oxygen atoms in total. The van der Waals surface area contributed by atoms with E-state index < -0.39 is 47.4 Å². The van der Waals surface area contributed by atoms with E-state index in [1.54, 1.807) is 41.5 Å². The van der Waals surface area contributed by atoms with Crippen LogP contribution in [-0.4, -0.2) is 49.7 Å². The van der Waals surface area contributed by atoms with Crippen LogP contribution in [0.5, 0.6) is 0 Å². The molecule has 3 fully saturated rings. The third-order valence-corrected chi connectivity index (χ3v) is 14.3. The summed E-state index contributed by atoms with van der Waals surface area (Å²) in [5.74, 6) is 0.659. The molecule has 8 atom stereocenters. The number of rotatable bonds is 5. The smallest absolute Gasteiger partial charge is 0.272 e. The minimum Gasteiger partial charge on any atom is -0.393 e. The number of hydrogen-bond donors (Lipinski definition) is 1. The Morgan fingerprint density at radius 3 is 2.03 bits per heavy atom. The summed E-state index contributed by atoms with van der Waals surface area (Å²) in [6.07, 6.45) is 6.87. The number of aliphatic hydroxyl groups excluding tert-OH is 1. The normalized spacial score (nSPS) is 38.9. The molecule has 218 valence electrons. The molecule has 3 saturated carbocycles. The van der Waals surface area contributed by atoms with Gasteiger partial charge in [0.05, 0.1) is 27.8 Å². The zero-order valence-corrected chi connectivity index (χ0v) is 26.2.